The van der Waals surface area contributed by atoms with Crippen LogP contribution in [0.25, 0.3) is 11.6 Å². The van der Waals surface area contributed by atoms with E-state index >= 15 is 0 Å². The number of urea groups is 1. The number of aromatic hydroxyl groups is 1. The van der Waals surface area contributed by atoms with Gasteiger partial charge in [-0.25, -0.2) is 9.59 Å². The number of hydrogen-bond donors (Lipinski definition) is 3. The van der Waals surface area contributed by atoms with Gasteiger partial charge in [0.2, 0.25) is 5.91 Å². The van der Waals surface area contributed by atoms with Crippen molar-refractivity contribution in [3.8, 4) is 23.0 Å². The van der Waals surface area contributed by atoms with Crippen LogP contribution in [-0.4, -0.2) is 36.7 Å². The molecule has 192 valence electrons. The van der Waals surface area contributed by atoms with E-state index in [1.807, 2.05) is 17.4 Å². The van der Waals surface area contributed by atoms with Crippen molar-refractivity contribution in [2.24, 2.45) is 5.73 Å². The van der Waals surface area contributed by atoms with Crippen molar-refractivity contribution in [3.05, 3.63) is 83.4 Å². The number of nitrogens with one attached hydrogen (secondary N) is 1. The van der Waals surface area contributed by atoms with Gasteiger partial charge < -0.3 is 25.1 Å². The lowest BCUT2D eigenvalue weighted by molar-refractivity contribution is -0.136. The first-order chi connectivity index (χ1) is 17.8. The van der Waals surface area contributed by atoms with E-state index in [2.05, 4.69) is 0 Å². The largest absolute Gasteiger partial charge is 0.508 e. The molecule has 0 spiro atoms. The number of imide groups is 1. The van der Waals surface area contributed by atoms with Gasteiger partial charge in [-0.1, -0.05) is 24.3 Å². The van der Waals surface area contributed by atoms with Gasteiger partial charge in [0.15, 0.2) is 0 Å². The second-order valence-corrected chi connectivity index (χ2v) is 7.93. The summed E-state index contributed by atoms with van der Waals surface area (Å²) in [5.41, 5.74) is 7.33. The predicted molar refractivity (Wildman–Crippen MR) is 138 cm³/mol. The second-order valence-electron chi connectivity index (χ2n) is 7.93. The third-order valence-corrected chi connectivity index (χ3v) is 5.18. The minimum absolute atomic E-state index is 0.0116. The monoisotopic (exact) mass is 504 g/mol. The minimum Gasteiger partial charge on any atom is -0.508 e. The van der Waals surface area contributed by atoms with Gasteiger partial charge in [-0.3, -0.25) is 10.1 Å². The fraction of sp³-hybridized carbons (Fsp3) is 0.179. The van der Waals surface area contributed by atoms with Crippen LogP contribution in [0.1, 0.15) is 30.0 Å². The number of methoxy groups -OCH3 is 1. The van der Waals surface area contributed by atoms with Gasteiger partial charge in [-0.05, 0) is 72.5 Å². The fourth-order valence-corrected chi connectivity index (χ4v) is 3.46. The van der Waals surface area contributed by atoms with Crippen LogP contribution in [0.4, 0.5) is 4.79 Å². The number of ether oxygens (including phenoxy) is 3. The number of hydrogen-bond acceptors (Lipinski definition) is 7. The van der Waals surface area contributed by atoms with E-state index < -0.39 is 17.9 Å². The minimum atomic E-state index is -0.871. The summed E-state index contributed by atoms with van der Waals surface area (Å²) in [7, 11) is 1.49. The average molecular weight is 505 g/mol. The number of primary amides is 1. The molecule has 0 aliphatic heterocycles. The molecule has 37 heavy (non-hydrogen) atoms. The molecule has 0 unspecified atom stereocenters. The lowest BCUT2D eigenvalue weighted by atomic mass is 10.0. The highest BCUT2D eigenvalue weighted by Gasteiger charge is 2.15. The Kier molecular flexibility index (Phi) is 9.26. The number of carbonyl (C=O) groups is 3. The molecule has 9 heteroatoms. The molecule has 9 nitrogen and oxygen atoms in total. The lowest BCUT2D eigenvalue weighted by Gasteiger charge is -2.11. The zero-order valence-electron chi connectivity index (χ0n) is 20.5. The Morgan fingerprint density at radius 2 is 1.59 bits per heavy atom. The molecule has 0 fully saturated rings. The Morgan fingerprint density at radius 1 is 0.946 bits per heavy atom. The number of nitrogens with two attached hydrogens (primary N) is 1. The van der Waals surface area contributed by atoms with Gasteiger partial charge in [0.25, 0.3) is 0 Å². The molecule has 0 aliphatic carbocycles. The standard InChI is InChI=1S/C28H28N2O7/c1-3-36-27(33)25(16-19-14-21(31)17-24(15-19)35-2)20-7-11-23(12-8-20)37-22-9-4-18(5-10-22)6-13-26(32)30-28(29)34/h4-5,7-12,14-17,31H,3,6,13H2,1-2H3,(H3,29,30,32,34)/b25-16+. The molecule has 3 aromatic rings. The van der Waals surface area contributed by atoms with Gasteiger partial charge >= 0.3 is 12.0 Å². The van der Waals surface area contributed by atoms with E-state index in [9.17, 15) is 19.5 Å². The number of benzene rings is 3. The molecule has 0 saturated heterocycles. The molecule has 0 bridgehead atoms. The van der Waals surface area contributed by atoms with E-state index in [1.54, 1.807) is 55.5 Å². The molecule has 0 radical (unpaired) electrons. The van der Waals surface area contributed by atoms with Crippen LogP contribution in [0, 0.1) is 0 Å². The summed E-state index contributed by atoms with van der Waals surface area (Å²) in [6.07, 6.45) is 2.21. The van der Waals surface area contributed by atoms with Crippen molar-refractivity contribution in [2.75, 3.05) is 13.7 Å². The molecule has 3 rings (SSSR count). The Bertz CT molecular complexity index is 1280. The number of esters is 1. The van der Waals surface area contributed by atoms with E-state index in [0.717, 1.165) is 5.56 Å². The van der Waals surface area contributed by atoms with Gasteiger partial charge in [-0.2, -0.15) is 0 Å². The summed E-state index contributed by atoms with van der Waals surface area (Å²) in [4.78, 5) is 34.9. The van der Waals surface area contributed by atoms with Crippen LogP contribution in [0.2, 0.25) is 0 Å². The number of aryl methyl sites for hydroxylation is 1. The predicted octanol–water partition coefficient (Wildman–Crippen LogP) is 4.42. The second kappa shape index (κ2) is 12.8. The number of phenolic OH excluding ortho intramolecular Hbond substituents is 1. The molecule has 0 heterocycles. The van der Waals surface area contributed by atoms with Gasteiger partial charge in [0.1, 0.15) is 23.0 Å². The molecule has 3 amide bonds. The van der Waals surface area contributed by atoms with E-state index in [0.29, 0.717) is 40.4 Å². The summed E-state index contributed by atoms with van der Waals surface area (Å²) in [5.74, 6) is 0.673. The highest BCUT2D eigenvalue weighted by Crippen LogP contribution is 2.28. The Balaban J connectivity index is 1.73. The van der Waals surface area contributed by atoms with Crippen LogP contribution in [-0.2, 0) is 20.7 Å². The number of amides is 3. The van der Waals surface area contributed by atoms with Crippen LogP contribution in [0.15, 0.2) is 66.7 Å². The SMILES string of the molecule is CCOC(=O)/C(=C/c1cc(O)cc(OC)c1)c1ccc(Oc2ccc(CCC(=O)NC(N)=O)cc2)cc1. The van der Waals surface area contributed by atoms with Crippen molar-refractivity contribution in [1.29, 1.82) is 0 Å². The number of carbonyl (C=O) groups excluding carboxylic acids is 3. The van der Waals surface area contributed by atoms with Gasteiger partial charge in [-0.15, -0.1) is 0 Å². The summed E-state index contributed by atoms with van der Waals surface area (Å²) >= 11 is 0. The third kappa shape index (κ3) is 8.14. The highest BCUT2D eigenvalue weighted by atomic mass is 16.5. The van der Waals surface area contributed by atoms with Crippen molar-refractivity contribution >= 4 is 29.6 Å². The molecule has 4 N–H and O–H groups in total. The van der Waals surface area contributed by atoms with Crippen molar-refractivity contribution in [1.82, 2.24) is 5.32 Å². The molecule has 0 atom stereocenters. The summed E-state index contributed by atoms with van der Waals surface area (Å²) in [6, 6.07) is 18.0. The zero-order valence-corrected chi connectivity index (χ0v) is 20.5. The quantitative estimate of drug-likeness (QED) is 0.211. The fourth-order valence-electron chi connectivity index (χ4n) is 3.46. The Labute approximate surface area is 214 Å². The van der Waals surface area contributed by atoms with Crippen molar-refractivity contribution in [2.45, 2.75) is 19.8 Å². The zero-order chi connectivity index (χ0) is 26.8. The first kappa shape index (κ1) is 26.8. The van der Waals surface area contributed by atoms with Crippen molar-refractivity contribution < 1.29 is 33.7 Å². The highest BCUT2D eigenvalue weighted by molar-refractivity contribution is 6.21. The maximum absolute atomic E-state index is 12.7. The summed E-state index contributed by atoms with van der Waals surface area (Å²) < 4.78 is 16.3. The van der Waals surface area contributed by atoms with Gasteiger partial charge in [0.05, 0.1) is 19.3 Å². The molecular weight excluding hydrogens is 476 g/mol. The van der Waals surface area contributed by atoms with E-state index in [4.69, 9.17) is 19.9 Å². The molecular formula is C28H28N2O7. The average Bonchev–Trinajstić information content (AvgIpc) is 2.87. The van der Waals surface area contributed by atoms with E-state index in [1.165, 1.54) is 19.2 Å². The van der Waals surface area contributed by atoms with Crippen LogP contribution in [0.5, 0.6) is 23.0 Å². The van der Waals surface area contributed by atoms with Crippen LogP contribution in [0.3, 0.4) is 0 Å². The first-order valence-corrected chi connectivity index (χ1v) is 11.5. The molecule has 3 aromatic carbocycles. The molecule has 0 aliphatic rings. The van der Waals surface area contributed by atoms with Gasteiger partial charge in [0, 0.05) is 12.5 Å². The summed E-state index contributed by atoms with van der Waals surface area (Å²) in [5, 5.41) is 12.0. The van der Waals surface area contributed by atoms with E-state index in [-0.39, 0.29) is 18.8 Å². The molecule has 0 saturated carbocycles. The lowest BCUT2D eigenvalue weighted by Crippen LogP contribution is -2.35. The molecule has 0 aromatic heterocycles. The van der Waals surface area contributed by atoms with Crippen LogP contribution >= 0.6 is 0 Å². The normalized spacial score (nSPS) is 10.9. The maximum atomic E-state index is 12.7. The number of phenols is 1. The smallest absolute Gasteiger partial charge is 0.338 e. The van der Waals surface area contributed by atoms with Crippen LogP contribution < -0.4 is 20.5 Å². The first-order valence-electron chi connectivity index (χ1n) is 11.5. The Morgan fingerprint density at radius 3 is 2.19 bits per heavy atom. The topological polar surface area (TPSA) is 137 Å². The maximum Gasteiger partial charge on any atom is 0.338 e. The number of rotatable bonds is 10. The summed E-state index contributed by atoms with van der Waals surface area (Å²) in [6.45, 7) is 1.94. The van der Waals surface area contributed by atoms with Crippen molar-refractivity contribution in [3.63, 3.8) is 0 Å². The Hall–Kier alpha value is -4.79. The third-order valence-electron chi connectivity index (χ3n) is 5.18.